The number of hydrogen-bond donors (Lipinski definition) is 1. The highest BCUT2D eigenvalue weighted by molar-refractivity contribution is 5.91. The van der Waals surface area contributed by atoms with Crippen LogP contribution in [0.5, 0.6) is 0 Å². The quantitative estimate of drug-likeness (QED) is 0.274. The molecule has 1 aromatic heterocycles. The number of nitrogens with one attached hydrogen (secondary N) is 1. The molecule has 1 aliphatic heterocycles. The molecule has 1 amide bonds. The third-order valence-electron chi connectivity index (χ3n) is 6.80. The van der Waals surface area contributed by atoms with Crippen LogP contribution >= 0.6 is 0 Å². The fraction of sp³-hybridized carbons (Fsp3) is 0.355. The van der Waals surface area contributed by atoms with Gasteiger partial charge in [-0.1, -0.05) is 56.3 Å². The molecule has 0 saturated carbocycles. The van der Waals surface area contributed by atoms with Crippen LogP contribution in [-0.4, -0.2) is 58.3 Å². The standard InChI is InChI=1S/C31H33N3O9/c1-19(2)28(37)32-26-14-15-34(30(39)33-26)27-16-31(43-21(4)36,18-41-20(3)35)25(42-27)17-40-29(38)24-12-10-23(11-13-24)22-8-6-5-7-9-22/h5-15,19,25,27H,16-18H2,1-4H3,(H,32,33,37,39)/t25-,27-,31-/m1/s1. The number of rotatable bonds is 10. The second kappa shape index (κ2) is 13.4. The summed E-state index contributed by atoms with van der Waals surface area (Å²) in [5.74, 6) is -2.55. The van der Waals surface area contributed by atoms with Crippen LogP contribution in [0.15, 0.2) is 71.7 Å². The van der Waals surface area contributed by atoms with Gasteiger partial charge < -0.3 is 24.3 Å². The molecule has 226 valence electrons. The lowest BCUT2D eigenvalue weighted by atomic mass is 9.95. The van der Waals surface area contributed by atoms with Gasteiger partial charge in [-0.05, 0) is 29.3 Å². The number of hydrogen-bond acceptors (Lipinski definition) is 10. The highest BCUT2D eigenvalue weighted by Gasteiger charge is 2.54. The van der Waals surface area contributed by atoms with Crippen molar-refractivity contribution in [3.05, 3.63) is 82.9 Å². The van der Waals surface area contributed by atoms with Gasteiger partial charge in [-0.2, -0.15) is 4.98 Å². The van der Waals surface area contributed by atoms with Gasteiger partial charge in [0.05, 0.1) is 5.56 Å². The Balaban J connectivity index is 1.55. The van der Waals surface area contributed by atoms with Crippen molar-refractivity contribution in [3.8, 4) is 11.1 Å². The molecule has 4 rings (SSSR count). The van der Waals surface area contributed by atoms with Gasteiger partial charge in [0.2, 0.25) is 5.91 Å². The van der Waals surface area contributed by atoms with E-state index < -0.39 is 48.1 Å². The predicted octanol–water partition coefficient (Wildman–Crippen LogP) is 3.51. The largest absolute Gasteiger partial charge is 0.461 e. The SMILES string of the molecule is CC(=O)OC[C@]1(OC(C)=O)C[C@H](n2ccc(NC(=O)C(C)C)nc2=O)O[C@@H]1COC(=O)c1ccc(-c2ccccc2)cc1. The molecule has 2 heterocycles. The Hall–Kier alpha value is -4.84. The summed E-state index contributed by atoms with van der Waals surface area (Å²) in [6.07, 6.45) is -0.880. The number of esters is 3. The van der Waals surface area contributed by atoms with E-state index in [0.717, 1.165) is 15.7 Å². The molecule has 0 aliphatic carbocycles. The molecule has 0 spiro atoms. The summed E-state index contributed by atoms with van der Waals surface area (Å²) >= 11 is 0. The van der Waals surface area contributed by atoms with Gasteiger partial charge in [-0.25, -0.2) is 9.59 Å². The zero-order valence-electron chi connectivity index (χ0n) is 24.3. The molecule has 1 saturated heterocycles. The van der Waals surface area contributed by atoms with E-state index >= 15 is 0 Å². The first kappa shape index (κ1) is 31.1. The lowest BCUT2D eigenvalue weighted by Crippen LogP contribution is -2.49. The smallest absolute Gasteiger partial charge is 0.351 e. The Morgan fingerprint density at radius 1 is 0.977 bits per heavy atom. The Bertz CT molecular complexity index is 1540. The van der Waals surface area contributed by atoms with E-state index in [1.807, 2.05) is 30.3 Å². The van der Waals surface area contributed by atoms with Crippen molar-refractivity contribution in [1.82, 2.24) is 9.55 Å². The normalized spacial score (nSPS) is 19.5. The predicted molar refractivity (Wildman–Crippen MR) is 154 cm³/mol. The first-order valence-corrected chi connectivity index (χ1v) is 13.7. The fourth-order valence-electron chi connectivity index (χ4n) is 4.58. The summed E-state index contributed by atoms with van der Waals surface area (Å²) < 4.78 is 23.7. The summed E-state index contributed by atoms with van der Waals surface area (Å²) in [4.78, 5) is 65.7. The maximum absolute atomic E-state index is 13.0. The number of ether oxygens (including phenoxy) is 4. The molecule has 12 heteroatoms. The summed E-state index contributed by atoms with van der Waals surface area (Å²) in [6, 6.07) is 17.9. The van der Waals surface area contributed by atoms with Crippen molar-refractivity contribution in [2.75, 3.05) is 18.5 Å². The zero-order chi connectivity index (χ0) is 31.1. The van der Waals surface area contributed by atoms with E-state index in [-0.39, 0.29) is 36.2 Å². The van der Waals surface area contributed by atoms with Crippen molar-refractivity contribution >= 4 is 29.6 Å². The molecule has 0 bridgehead atoms. The third kappa shape index (κ3) is 7.72. The number of amides is 1. The van der Waals surface area contributed by atoms with E-state index in [1.54, 1.807) is 38.1 Å². The van der Waals surface area contributed by atoms with Gasteiger partial charge in [0.15, 0.2) is 5.60 Å². The number of nitrogens with zero attached hydrogens (tertiary/aromatic N) is 2. The van der Waals surface area contributed by atoms with Crippen LogP contribution < -0.4 is 11.0 Å². The third-order valence-corrected chi connectivity index (χ3v) is 6.80. The van der Waals surface area contributed by atoms with Gasteiger partial charge in [0.1, 0.15) is 31.4 Å². The van der Waals surface area contributed by atoms with Crippen LogP contribution in [0, 0.1) is 5.92 Å². The van der Waals surface area contributed by atoms with Crippen molar-refractivity contribution in [2.45, 2.75) is 52.0 Å². The summed E-state index contributed by atoms with van der Waals surface area (Å²) in [6.45, 7) is 4.99. The highest BCUT2D eigenvalue weighted by atomic mass is 16.6. The Morgan fingerprint density at radius 2 is 1.65 bits per heavy atom. The van der Waals surface area contributed by atoms with Crippen LogP contribution in [0.2, 0.25) is 0 Å². The average molecular weight is 592 g/mol. The molecule has 1 fully saturated rings. The number of carbonyl (C=O) groups excluding carboxylic acids is 4. The van der Waals surface area contributed by atoms with Crippen molar-refractivity contribution in [2.24, 2.45) is 5.92 Å². The van der Waals surface area contributed by atoms with Gasteiger partial charge in [-0.3, -0.25) is 19.0 Å². The first-order chi connectivity index (χ1) is 20.5. The summed E-state index contributed by atoms with van der Waals surface area (Å²) in [7, 11) is 0. The van der Waals surface area contributed by atoms with Crippen LogP contribution in [0.25, 0.3) is 11.1 Å². The van der Waals surface area contributed by atoms with E-state index in [2.05, 4.69) is 10.3 Å². The van der Waals surface area contributed by atoms with Crippen LogP contribution in [0.4, 0.5) is 5.82 Å². The number of benzene rings is 2. The second-order valence-corrected chi connectivity index (χ2v) is 10.4. The van der Waals surface area contributed by atoms with Crippen molar-refractivity contribution in [1.29, 1.82) is 0 Å². The first-order valence-electron chi connectivity index (χ1n) is 13.7. The Kier molecular flexibility index (Phi) is 9.71. The monoisotopic (exact) mass is 591 g/mol. The van der Waals surface area contributed by atoms with E-state index in [0.29, 0.717) is 0 Å². The van der Waals surface area contributed by atoms with E-state index in [4.69, 9.17) is 18.9 Å². The molecule has 2 aromatic carbocycles. The zero-order valence-corrected chi connectivity index (χ0v) is 24.3. The lowest BCUT2D eigenvalue weighted by molar-refractivity contribution is -0.180. The minimum atomic E-state index is -1.58. The van der Waals surface area contributed by atoms with Crippen molar-refractivity contribution in [3.63, 3.8) is 0 Å². The van der Waals surface area contributed by atoms with Crippen LogP contribution in [0.1, 0.15) is 50.7 Å². The van der Waals surface area contributed by atoms with Gasteiger partial charge in [-0.15, -0.1) is 0 Å². The fourth-order valence-corrected chi connectivity index (χ4v) is 4.58. The molecule has 1 N–H and O–H groups in total. The minimum absolute atomic E-state index is 0.0628. The van der Waals surface area contributed by atoms with Gasteiger partial charge >= 0.3 is 23.6 Å². The maximum Gasteiger partial charge on any atom is 0.351 e. The molecule has 0 unspecified atom stereocenters. The molecule has 3 aromatic rings. The van der Waals surface area contributed by atoms with Crippen LogP contribution in [-0.2, 0) is 33.3 Å². The second-order valence-electron chi connectivity index (χ2n) is 10.4. The summed E-state index contributed by atoms with van der Waals surface area (Å²) in [5.41, 5.74) is -0.129. The average Bonchev–Trinajstić information content (AvgIpc) is 3.32. The maximum atomic E-state index is 13.0. The van der Waals surface area contributed by atoms with Gasteiger partial charge in [0.25, 0.3) is 0 Å². The molecule has 3 atom stereocenters. The number of anilines is 1. The summed E-state index contributed by atoms with van der Waals surface area (Å²) in [5, 5.41) is 2.56. The Labute approximate surface area is 247 Å². The highest BCUT2D eigenvalue weighted by Crippen LogP contribution is 2.40. The van der Waals surface area contributed by atoms with Crippen molar-refractivity contribution < 1.29 is 38.1 Å². The number of carbonyl (C=O) groups is 4. The van der Waals surface area contributed by atoms with Crippen LogP contribution in [0.3, 0.4) is 0 Å². The molecule has 0 radical (unpaired) electrons. The molecule has 1 aliphatic rings. The molecule has 43 heavy (non-hydrogen) atoms. The number of aromatic nitrogens is 2. The van der Waals surface area contributed by atoms with E-state index in [9.17, 15) is 24.0 Å². The topological polar surface area (TPSA) is 152 Å². The molecular formula is C31H33N3O9. The Morgan fingerprint density at radius 3 is 2.26 bits per heavy atom. The van der Waals surface area contributed by atoms with Gasteiger partial charge in [0, 0.05) is 32.4 Å². The molecule has 12 nitrogen and oxygen atoms in total. The molecular weight excluding hydrogens is 558 g/mol. The minimum Gasteiger partial charge on any atom is -0.461 e. The lowest BCUT2D eigenvalue weighted by Gasteiger charge is -2.32. The van der Waals surface area contributed by atoms with E-state index in [1.165, 1.54) is 26.1 Å².